The van der Waals surface area contributed by atoms with E-state index >= 15 is 0 Å². The number of fused-ring (bicyclic) bond motifs is 1. The number of rotatable bonds is 6. The highest BCUT2D eigenvalue weighted by atomic mass is 16.5. The van der Waals surface area contributed by atoms with E-state index in [2.05, 4.69) is 4.98 Å². The molecule has 23 heavy (non-hydrogen) atoms. The Labute approximate surface area is 133 Å². The molecule has 1 heterocycles. The highest BCUT2D eigenvalue weighted by Crippen LogP contribution is 2.27. The molecule has 0 aliphatic heterocycles. The number of primary amides is 1. The molecule has 0 radical (unpaired) electrons. The topological polar surface area (TPSA) is 79.4 Å². The lowest BCUT2D eigenvalue weighted by molar-refractivity contribution is -0.118. The van der Waals surface area contributed by atoms with Gasteiger partial charge in [-0.1, -0.05) is 24.3 Å². The molecule has 0 fully saturated rings. The molecule has 0 saturated carbocycles. The van der Waals surface area contributed by atoms with E-state index < -0.39 is 5.91 Å². The van der Waals surface area contributed by atoms with Gasteiger partial charge in [-0.3, -0.25) is 4.79 Å². The first-order valence-corrected chi connectivity index (χ1v) is 7.17. The van der Waals surface area contributed by atoms with Crippen LogP contribution in [0, 0.1) is 0 Å². The van der Waals surface area contributed by atoms with Gasteiger partial charge >= 0.3 is 0 Å². The predicted octanol–water partition coefficient (Wildman–Crippen LogP) is 2.11. The van der Waals surface area contributed by atoms with E-state index in [9.17, 15) is 4.79 Å². The van der Waals surface area contributed by atoms with Gasteiger partial charge in [0.15, 0.2) is 11.5 Å². The van der Waals surface area contributed by atoms with Crippen LogP contribution in [-0.4, -0.2) is 22.6 Å². The number of amides is 1. The van der Waals surface area contributed by atoms with Gasteiger partial charge in [-0.05, 0) is 24.3 Å². The Kier molecular flexibility index (Phi) is 4.14. The summed E-state index contributed by atoms with van der Waals surface area (Å²) in [6.45, 7) is 0.271. The van der Waals surface area contributed by atoms with Crippen LogP contribution in [0.4, 0.5) is 0 Å². The number of methoxy groups -OCH3 is 1. The zero-order chi connectivity index (χ0) is 16.2. The second kappa shape index (κ2) is 6.39. The third-order valence-electron chi connectivity index (χ3n) is 3.47. The molecule has 0 spiro atoms. The van der Waals surface area contributed by atoms with Gasteiger partial charge in [-0.25, -0.2) is 4.98 Å². The minimum atomic E-state index is -0.424. The van der Waals surface area contributed by atoms with E-state index in [0.717, 1.165) is 11.0 Å². The predicted molar refractivity (Wildman–Crippen MR) is 86.3 cm³/mol. The van der Waals surface area contributed by atoms with E-state index in [1.807, 2.05) is 48.5 Å². The summed E-state index contributed by atoms with van der Waals surface area (Å²) >= 11 is 0. The first-order chi connectivity index (χ1) is 11.2. The fraction of sp³-hybridized carbons (Fsp3) is 0.176. The molecule has 0 bridgehead atoms. The highest BCUT2D eigenvalue weighted by Gasteiger charge is 2.13. The summed E-state index contributed by atoms with van der Waals surface area (Å²) in [5, 5.41) is 0. The number of carbonyl (C=O) groups excluding carboxylic acids is 1. The Bertz CT molecular complexity index is 842. The Morgan fingerprint density at radius 1 is 1.13 bits per heavy atom. The molecule has 0 unspecified atom stereocenters. The van der Waals surface area contributed by atoms with Crippen LogP contribution in [0.15, 0.2) is 48.5 Å². The minimum Gasteiger partial charge on any atom is -0.493 e. The standard InChI is InChI=1S/C17H17N3O3/c1-22-14-8-4-5-9-15(14)23-11-17-19-12-6-2-3-7-13(12)20(17)10-16(18)21/h2-9H,10-11H2,1H3,(H2,18,21). The van der Waals surface area contributed by atoms with E-state index in [1.54, 1.807) is 11.7 Å². The molecule has 0 saturated heterocycles. The minimum absolute atomic E-state index is 0.0606. The second-order valence-electron chi connectivity index (χ2n) is 5.01. The van der Waals surface area contributed by atoms with Crippen molar-refractivity contribution >= 4 is 16.9 Å². The van der Waals surface area contributed by atoms with Crippen LogP contribution in [-0.2, 0) is 17.9 Å². The van der Waals surface area contributed by atoms with Gasteiger partial charge in [0, 0.05) is 0 Å². The Morgan fingerprint density at radius 2 is 1.83 bits per heavy atom. The molecular weight excluding hydrogens is 294 g/mol. The van der Waals surface area contributed by atoms with Gasteiger partial charge in [0.2, 0.25) is 5.91 Å². The van der Waals surface area contributed by atoms with Crippen LogP contribution in [0.3, 0.4) is 0 Å². The molecule has 2 N–H and O–H groups in total. The SMILES string of the molecule is COc1ccccc1OCc1nc2ccccc2n1CC(N)=O. The molecular formula is C17H17N3O3. The Balaban J connectivity index is 1.91. The maximum Gasteiger partial charge on any atom is 0.237 e. The third-order valence-corrected chi connectivity index (χ3v) is 3.47. The number of ether oxygens (including phenoxy) is 2. The van der Waals surface area contributed by atoms with Crippen LogP contribution in [0.25, 0.3) is 11.0 Å². The lowest BCUT2D eigenvalue weighted by Crippen LogP contribution is -2.20. The van der Waals surface area contributed by atoms with E-state index in [0.29, 0.717) is 17.3 Å². The van der Waals surface area contributed by atoms with Crippen molar-refractivity contribution in [3.05, 3.63) is 54.4 Å². The fourth-order valence-corrected chi connectivity index (χ4v) is 2.45. The summed E-state index contributed by atoms with van der Waals surface area (Å²) in [6.07, 6.45) is 0. The third kappa shape index (κ3) is 3.11. The second-order valence-corrected chi connectivity index (χ2v) is 5.01. The molecule has 3 aromatic rings. The number of hydrogen-bond donors (Lipinski definition) is 1. The molecule has 0 atom stereocenters. The number of imidazole rings is 1. The quantitative estimate of drug-likeness (QED) is 0.756. The zero-order valence-electron chi connectivity index (χ0n) is 12.7. The number of carbonyl (C=O) groups is 1. The largest absolute Gasteiger partial charge is 0.493 e. The average molecular weight is 311 g/mol. The molecule has 6 nitrogen and oxygen atoms in total. The zero-order valence-corrected chi connectivity index (χ0v) is 12.7. The summed E-state index contributed by atoms with van der Waals surface area (Å²) in [6, 6.07) is 15.0. The number of nitrogens with two attached hydrogens (primary N) is 1. The number of aromatic nitrogens is 2. The van der Waals surface area contributed by atoms with Gasteiger partial charge in [0.1, 0.15) is 19.0 Å². The average Bonchev–Trinajstić information content (AvgIpc) is 2.90. The molecule has 0 aliphatic carbocycles. The Morgan fingerprint density at radius 3 is 2.57 bits per heavy atom. The van der Waals surface area contributed by atoms with Crippen LogP contribution in [0.5, 0.6) is 11.5 Å². The van der Waals surface area contributed by atoms with Crippen molar-refractivity contribution in [2.75, 3.05) is 7.11 Å². The van der Waals surface area contributed by atoms with Gasteiger partial charge in [-0.15, -0.1) is 0 Å². The van der Waals surface area contributed by atoms with Crippen molar-refractivity contribution in [2.45, 2.75) is 13.2 Å². The van der Waals surface area contributed by atoms with Crippen LogP contribution in [0.1, 0.15) is 5.82 Å². The van der Waals surface area contributed by atoms with Crippen molar-refractivity contribution in [1.29, 1.82) is 0 Å². The van der Waals surface area contributed by atoms with Crippen LogP contribution < -0.4 is 15.2 Å². The first kappa shape index (κ1) is 14.9. The van der Waals surface area contributed by atoms with Crippen molar-refractivity contribution in [1.82, 2.24) is 9.55 Å². The van der Waals surface area contributed by atoms with Crippen LogP contribution >= 0.6 is 0 Å². The smallest absolute Gasteiger partial charge is 0.237 e. The number of hydrogen-bond acceptors (Lipinski definition) is 4. The van der Waals surface area contributed by atoms with E-state index in [4.69, 9.17) is 15.2 Å². The van der Waals surface area contributed by atoms with Crippen molar-refractivity contribution < 1.29 is 14.3 Å². The van der Waals surface area contributed by atoms with Gasteiger partial charge in [0.25, 0.3) is 0 Å². The van der Waals surface area contributed by atoms with Crippen molar-refractivity contribution in [3.8, 4) is 11.5 Å². The maximum absolute atomic E-state index is 11.4. The highest BCUT2D eigenvalue weighted by molar-refractivity contribution is 5.80. The maximum atomic E-state index is 11.4. The molecule has 3 rings (SSSR count). The normalized spacial score (nSPS) is 10.7. The monoisotopic (exact) mass is 311 g/mol. The van der Waals surface area contributed by atoms with Crippen molar-refractivity contribution in [3.63, 3.8) is 0 Å². The summed E-state index contributed by atoms with van der Waals surface area (Å²) < 4.78 is 12.8. The Hall–Kier alpha value is -3.02. The summed E-state index contributed by atoms with van der Waals surface area (Å²) in [5.74, 6) is 1.47. The fourth-order valence-electron chi connectivity index (χ4n) is 2.45. The van der Waals surface area contributed by atoms with Gasteiger partial charge in [-0.2, -0.15) is 0 Å². The first-order valence-electron chi connectivity index (χ1n) is 7.17. The van der Waals surface area contributed by atoms with E-state index in [1.165, 1.54) is 0 Å². The van der Waals surface area contributed by atoms with Gasteiger partial charge in [0.05, 0.1) is 18.1 Å². The lowest BCUT2D eigenvalue weighted by Gasteiger charge is -2.11. The van der Waals surface area contributed by atoms with Crippen LogP contribution in [0.2, 0.25) is 0 Å². The summed E-state index contributed by atoms with van der Waals surface area (Å²) in [7, 11) is 1.59. The number of para-hydroxylation sites is 4. The van der Waals surface area contributed by atoms with Crippen molar-refractivity contribution in [2.24, 2.45) is 5.73 Å². The summed E-state index contributed by atoms with van der Waals surface area (Å²) in [4.78, 5) is 15.9. The molecule has 118 valence electrons. The molecule has 0 aliphatic rings. The number of nitrogens with zero attached hydrogens (tertiary/aromatic N) is 2. The van der Waals surface area contributed by atoms with Gasteiger partial charge < -0.3 is 19.8 Å². The number of benzene rings is 2. The lowest BCUT2D eigenvalue weighted by atomic mass is 10.3. The van der Waals surface area contributed by atoms with E-state index in [-0.39, 0.29) is 13.2 Å². The molecule has 1 aromatic heterocycles. The molecule has 2 aromatic carbocycles. The molecule has 1 amide bonds. The molecule has 6 heteroatoms. The summed E-state index contributed by atoms with van der Waals surface area (Å²) in [5.41, 5.74) is 7.00.